The number of fused-ring (bicyclic) bond motifs is 2. The summed E-state index contributed by atoms with van der Waals surface area (Å²) in [5.41, 5.74) is 5.36. The molecule has 1 aliphatic heterocycles. The van der Waals surface area contributed by atoms with Crippen molar-refractivity contribution in [3.63, 3.8) is 0 Å². The van der Waals surface area contributed by atoms with E-state index in [4.69, 9.17) is 19.6 Å². The largest absolute Gasteiger partial charge is 0.490 e. The van der Waals surface area contributed by atoms with Crippen molar-refractivity contribution in [2.45, 2.75) is 38.1 Å². The van der Waals surface area contributed by atoms with E-state index < -0.39 is 12.1 Å². The molecule has 47 heavy (non-hydrogen) atoms. The predicted molar refractivity (Wildman–Crippen MR) is 162 cm³/mol. The van der Waals surface area contributed by atoms with E-state index in [1.165, 1.54) is 5.56 Å². The highest BCUT2D eigenvalue weighted by Gasteiger charge is 2.38. The van der Waals surface area contributed by atoms with E-state index >= 15 is 0 Å². The van der Waals surface area contributed by atoms with Gasteiger partial charge in [0.25, 0.3) is 5.91 Å². The Morgan fingerprint density at radius 3 is 2.57 bits per heavy atom. The lowest BCUT2D eigenvalue weighted by Crippen LogP contribution is -2.30. The van der Waals surface area contributed by atoms with Crippen molar-refractivity contribution in [1.82, 2.24) is 35.5 Å². The molecular formula is C32H25F3N8O4. The minimum absolute atomic E-state index is 0.0211. The van der Waals surface area contributed by atoms with E-state index in [0.717, 1.165) is 34.9 Å². The van der Waals surface area contributed by atoms with Gasteiger partial charge in [-0.1, -0.05) is 12.0 Å². The van der Waals surface area contributed by atoms with Gasteiger partial charge in [0.05, 0.1) is 11.7 Å². The van der Waals surface area contributed by atoms with E-state index in [-0.39, 0.29) is 12.5 Å². The molecule has 12 nitrogen and oxygen atoms in total. The second kappa shape index (κ2) is 13.1. The van der Waals surface area contributed by atoms with Crippen molar-refractivity contribution >= 4 is 28.7 Å². The van der Waals surface area contributed by atoms with Gasteiger partial charge in [-0.2, -0.15) is 18.3 Å². The van der Waals surface area contributed by atoms with Crippen LogP contribution in [0.3, 0.4) is 0 Å². The Morgan fingerprint density at radius 1 is 1.00 bits per heavy atom. The molecule has 0 spiro atoms. The van der Waals surface area contributed by atoms with Crippen molar-refractivity contribution < 1.29 is 32.6 Å². The number of aliphatic carboxylic acids is 1. The lowest BCUT2D eigenvalue weighted by Gasteiger charge is -2.15. The third-order valence-corrected chi connectivity index (χ3v) is 7.04. The fourth-order valence-electron chi connectivity index (χ4n) is 4.58. The number of aromatic amines is 1. The summed E-state index contributed by atoms with van der Waals surface area (Å²) in [6, 6.07) is 15.7. The highest BCUT2D eigenvalue weighted by molar-refractivity contribution is 5.79. The molecule has 1 saturated carbocycles. The van der Waals surface area contributed by atoms with E-state index in [1.54, 1.807) is 30.7 Å². The average Bonchev–Trinajstić information content (AvgIpc) is 3.57. The van der Waals surface area contributed by atoms with Gasteiger partial charge >= 0.3 is 12.1 Å². The fourth-order valence-corrected chi connectivity index (χ4v) is 4.58. The second-order valence-corrected chi connectivity index (χ2v) is 10.6. The molecule has 15 heteroatoms. The summed E-state index contributed by atoms with van der Waals surface area (Å²) < 4.78 is 37.5. The van der Waals surface area contributed by atoms with Gasteiger partial charge in [-0.15, -0.1) is 0 Å². The molecule has 1 fully saturated rings. The average molecular weight is 643 g/mol. The lowest BCUT2D eigenvalue weighted by molar-refractivity contribution is -0.192. The Morgan fingerprint density at radius 2 is 1.79 bits per heavy atom. The number of carboxylic acid groups (broad SMARTS) is 1. The first-order valence-corrected chi connectivity index (χ1v) is 14.3. The molecule has 4 heterocycles. The number of aromatic nitrogens is 6. The summed E-state index contributed by atoms with van der Waals surface area (Å²) in [4.78, 5) is 41.3. The van der Waals surface area contributed by atoms with E-state index in [0.29, 0.717) is 48.0 Å². The van der Waals surface area contributed by atoms with Crippen LogP contribution < -0.4 is 15.0 Å². The minimum atomic E-state index is -5.08. The zero-order chi connectivity index (χ0) is 33.0. The standard InChI is InChI=1S/C30H24N8O2.C2HF3O2/c39-28(34-23-5-6-23)18-40-25-7-3-20-16-38(17-22(20)14-25)30-32-12-10-27(36-30)29-31-11-9-24(35-29)4-1-19-2-8-26-21(13-19)15-33-37-26;3-2(4,5)1(6)7/h2-3,7-15,23H,5-6,16-18H2,(H,33,37)(H,34,39);(H,6,7). The molecule has 2 aromatic carbocycles. The SMILES string of the molecule is O=C(COc1ccc2c(c1)CN(c1nccc(-c3nccc(C#Cc4ccc5[nH]ncc5c4)n3)n1)C2)NC1CC1.O=C(O)C(F)(F)F. The number of carbonyl (C=O) groups is 2. The van der Waals surface area contributed by atoms with Gasteiger partial charge in [0.2, 0.25) is 5.95 Å². The van der Waals surface area contributed by atoms with Crippen LogP contribution in [0.25, 0.3) is 22.4 Å². The highest BCUT2D eigenvalue weighted by atomic mass is 19.4. The summed E-state index contributed by atoms with van der Waals surface area (Å²) >= 11 is 0. The maximum Gasteiger partial charge on any atom is 0.490 e. The van der Waals surface area contributed by atoms with E-state index in [1.807, 2.05) is 36.4 Å². The Hall–Kier alpha value is -6.04. The topological polar surface area (TPSA) is 159 Å². The lowest BCUT2D eigenvalue weighted by atomic mass is 10.1. The van der Waals surface area contributed by atoms with Crippen molar-refractivity contribution in [3.8, 4) is 29.1 Å². The highest BCUT2D eigenvalue weighted by Crippen LogP contribution is 2.30. The molecule has 238 valence electrons. The Bertz CT molecular complexity index is 2020. The number of hydrogen-bond acceptors (Lipinski definition) is 9. The molecule has 0 saturated heterocycles. The van der Waals surface area contributed by atoms with Crippen molar-refractivity contribution in [2.24, 2.45) is 0 Å². The van der Waals surface area contributed by atoms with Gasteiger partial charge in [0, 0.05) is 42.5 Å². The molecule has 1 amide bonds. The zero-order valence-corrected chi connectivity index (χ0v) is 24.5. The van der Waals surface area contributed by atoms with Crippen LogP contribution >= 0.6 is 0 Å². The van der Waals surface area contributed by atoms with Crippen LogP contribution in [0.15, 0.2) is 67.1 Å². The summed E-state index contributed by atoms with van der Waals surface area (Å²) in [6.45, 7) is 1.33. The van der Waals surface area contributed by atoms with Gasteiger partial charge in [-0.3, -0.25) is 9.89 Å². The quantitative estimate of drug-likeness (QED) is 0.231. The van der Waals surface area contributed by atoms with Crippen LogP contribution in [-0.4, -0.2) is 65.9 Å². The van der Waals surface area contributed by atoms with Gasteiger partial charge in [-0.25, -0.2) is 24.7 Å². The van der Waals surface area contributed by atoms with Gasteiger partial charge in [0.15, 0.2) is 12.4 Å². The Kier molecular flexibility index (Phi) is 8.65. The smallest absolute Gasteiger partial charge is 0.484 e. The van der Waals surface area contributed by atoms with Gasteiger partial charge < -0.3 is 20.1 Å². The van der Waals surface area contributed by atoms with Crippen LogP contribution in [0.4, 0.5) is 19.1 Å². The molecule has 0 unspecified atom stereocenters. The number of anilines is 1. The summed E-state index contributed by atoms with van der Waals surface area (Å²) in [5.74, 6) is 5.20. The van der Waals surface area contributed by atoms with E-state index in [9.17, 15) is 18.0 Å². The summed E-state index contributed by atoms with van der Waals surface area (Å²) in [6.07, 6.45) is 2.21. The maximum atomic E-state index is 12.0. The number of nitrogens with zero attached hydrogens (tertiary/aromatic N) is 6. The first-order valence-electron chi connectivity index (χ1n) is 14.3. The van der Waals surface area contributed by atoms with E-state index in [2.05, 4.69) is 47.2 Å². The summed E-state index contributed by atoms with van der Waals surface area (Å²) in [7, 11) is 0. The predicted octanol–water partition coefficient (Wildman–Crippen LogP) is 4.02. The molecule has 0 atom stereocenters. The number of ether oxygens (including phenoxy) is 1. The maximum absolute atomic E-state index is 12.0. The third kappa shape index (κ3) is 7.98. The summed E-state index contributed by atoms with van der Waals surface area (Å²) in [5, 5.41) is 18.1. The molecule has 0 radical (unpaired) electrons. The third-order valence-electron chi connectivity index (χ3n) is 7.04. The number of carboxylic acids is 1. The fraction of sp³-hybridized carbons (Fsp3) is 0.219. The molecule has 2 aliphatic rings. The first-order chi connectivity index (χ1) is 22.6. The Labute approximate surface area is 265 Å². The molecule has 3 aromatic heterocycles. The molecule has 3 N–H and O–H groups in total. The van der Waals surface area contributed by atoms with Crippen LogP contribution in [0.1, 0.15) is 35.2 Å². The Balaban J connectivity index is 0.000000499. The monoisotopic (exact) mass is 642 g/mol. The van der Waals surface area contributed by atoms with Crippen LogP contribution in [0.5, 0.6) is 5.75 Å². The minimum Gasteiger partial charge on any atom is -0.484 e. The number of rotatable bonds is 6. The number of alkyl halides is 3. The van der Waals surface area contributed by atoms with Crippen LogP contribution in [0.2, 0.25) is 0 Å². The molecular weight excluding hydrogens is 617 g/mol. The van der Waals surface area contributed by atoms with Crippen molar-refractivity contribution in [3.05, 3.63) is 89.5 Å². The van der Waals surface area contributed by atoms with Crippen LogP contribution in [0, 0.1) is 11.8 Å². The van der Waals surface area contributed by atoms with Gasteiger partial charge in [-0.05, 0) is 72.4 Å². The molecule has 1 aliphatic carbocycles. The normalized spacial score (nSPS) is 13.6. The number of hydrogen-bond donors (Lipinski definition) is 3. The number of carbonyl (C=O) groups excluding carboxylic acids is 1. The molecule has 7 rings (SSSR count). The number of benzene rings is 2. The molecule has 5 aromatic rings. The van der Waals surface area contributed by atoms with Gasteiger partial charge in [0.1, 0.15) is 17.1 Å². The van der Waals surface area contributed by atoms with Crippen molar-refractivity contribution in [2.75, 3.05) is 11.5 Å². The van der Waals surface area contributed by atoms with Crippen molar-refractivity contribution in [1.29, 1.82) is 0 Å². The van der Waals surface area contributed by atoms with Crippen LogP contribution in [-0.2, 0) is 22.7 Å². The number of nitrogens with one attached hydrogen (secondary N) is 2. The number of halogens is 3. The molecule has 0 bridgehead atoms. The first kappa shape index (κ1) is 31.0. The number of amides is 1. The second-order valence-electron chi connectivity index (χ2n) is 10.6. The zero-order valence-electron chi connectivity index (χ0n) is 24.5. The number of H-pyrrole nitrogens is 1.